The fourth-order valence-corrected chi connectivity index (χ4v) is 3.13. The predicted molar refractivity (Wildman–Crippen MR) is 105 cm³/mol. The quantitative estimate of drug-likeness (QED) is 0.775. The lowest BCUT2D eigenvalue weighted by atomic mass is 10.2. The Labute approximate surface area is 157 Å². The van der Waals surface area contributed by atoms with Gasteiger partial charge in [0.15, 0.2) is 0 Å². The molecule has 4 amide bonds. The topological polar surface area (TPSA) is 90.5 Å². The third kappa shape index (κ3) is 4.84. The summed E-state index contributed by atoms with van der Waals surface area (Å²) in [5.74, 6) is -0.311. The van der Waals surface area contributed by atoms with Crippen LogP contribution in [0.1, 0.15) is 19.8 Å². The molecule has 0 saturated carbocycles. The molecule has 27 heavy (non-hydrogen) atoms. The van der Waals surface area contributed by atoms with Crippen molar-refractivity contribution >= 4 is 34.9 Å². The van der Waals surface area contributed by atoms with Gasteiger partial charge in [-0.25, -0.2) is 4.79 Å². The van der Waals surface area contributed by atoms with Crippen LogP contribution >= 0.6 is 0 Å². The van der Waals surface area contributed by atoms with Crippen molar-refractivity contribution in [2.75, 3.05) is 22.5 Å². The van der Waals surface area contributed by atoms with Crippen LogP contribution < -0.4 is 16.0 Å². The molecule has 2 aromatic rings. The van der Waals surface area contributed by atoms with E-state index in [9.17, 15) is 14.4 Å². The first-order chi connectivity index (χ1) is 13.0. The molecule has 1 heterocycles. The number of urea groups is 1. The van der Waals surface area contributed by atoms with Crippen molar-refractivity contribution < 1.29 is 14.4 Å². The van der Waals surface area contributed by atoms with Gasteiger partial charge in [-0.2, -0.15) is 0 Å². The van der Waals surface area contributed by atoms with Crippen LogP contribution in [0.4, 0.5) is 21.9 Å². The Hall–Kier alpha value is -3.35. The molecule has 0 aromatic heterocycles. The minimum absolute atomic E-state index is 0.0966. The fourth-order valence-electron chi connectivity index (χ4n) is 3.13. The van der Waals surface area contributed by atoms with Crippen LogP contribution in [0, 0.1) is 0 Å². The lowest BCUT2D eigenvalue weighted by Crippen LogP contribution is -2.42. The Morgan fingerprint density at radius 1 is 0.889 bits per heavy atom. The van der Waals surface area contributed by atoms with Gasteiger partial charge in [-0.3, -0.25) is 9.59 Å². The fraction of sp³-hybridized carbons (Fsp3) is 0.250. The van der Waals surface area contributed by atoms with Crippen molar-refractivity contribution in [1.82, 2.24) is 4.90 Å². The number of nitrogens with one attached hydrogen (secondary N) is 3. The van der Waals surface area contributed by atoms with Gasteiger partial charge >= 0.3 is 6.03 Å². The summed E-state index contributed by atoms with van der Waals surface area (Å²) in [6.07, 6.45) is 1.47. The van der Waals surface area contributed by atoms with Gasteiger partial charge < -0.3 is 20.9 Å². The predicted octanol–water partition coefficient (Wildman–Crippen LogP) is 3.28. The minimum Gasteiger partial charge on any atom is -0.331 e. The van der Waals surface area contributed by atoms with Crippen molar-refractivity contribution in [3.63, 3.8) is 0 Å². The number of hydrogen-bond acceptors (Lipinski definition) is 3. The number of para-hydroxylation sites is 1. The molecule has 0 radical (unpaired) electrons. The van der Waals surface area contributed by atoms with E-state index in [-0.39, 0.29) is 17.8 Å². The van der Waals surface area contributed by atoms with E-state index < -0.39 is 6.04 Å². The average Bonchev–Trinajstić information content (AvgIpc) is 3.13. The maximum atomic E-state index is 12.5. The highest BCUT2D eigenvalue weighted by Gasteiger charge is 2.32. The molecule has 1 unspecified atom stereocenters. The minimum atomic E-state index is -0.444. The standard InChI is InChI=1S/C20H22N4O3/c1-14(25)24-12-6-11-18(24)19(26)21-16-9-5-10-17(13-16)23-20(27)22-15-7-3-2-4-8-15/h2-5,7-10,13,18H,6,11-12H2,1H3,(H,21,26)(H2,22,23,27). The number of rotatable bonds is 4. The molecule has 3 N–H and O–H groups in total. The van der Waals surface area contributed by atoms with E-state index in [2.05, 4.69) is 16.0 Å². The first-order valence-electron chi connectivity index (χ1n) is 8.84. The van der Waals surface area contributed by atoms with E-state index in [0.717, 1.165) is 6.42 Å². The Morgan fingerprint density at radius 2 is 1.52 bits per heavy atom. The van der Waals surface area contributed by atoms with E-state index in [1.807, 2.05) is 18.2 Å². The molecule has 0 aliphatic carbocycles. The monoisotopic (exact) mass is 366 g/mol. The van der Waals surface area contributed by atoms with Crippen molar-refractivity contribution in [2.24, 2.45) is 0 Å². The van der Waals surface area contributed by atoms with Crippen LogP contribution in [0.2, 0.25) is 0 Å². The smallest absolute Gasteiger partial charge is 0.323 e. The summed E-state index contributed by atoms with van der Waals surface area (Å²) in [6, 6.07) is 15.2. The third-order valence-electron chi connectivity index (χ3n) is 4.38. The number of amides is 4. The first-order valence-corrected chi connectivity index (χ1v) is 8.84. The highest BCUT2D eigenvalue weighted by atomic mass is 16.2. The number of carbonyl (C=O) groups is 3. The van der Waals surface area contributed by atoms with Gasteiger partial charge in [0.05, 0.1) is 0 Å². The molecule has 7 heteroatoms. The summed E-state index contributed by atoms with van der Waals surface area (Å²) in [4.78, 5) is 37.8. The van der Waals surface area contributed by atoms with Gasteiger partial charge in [0, 0.05) is 30.5 Å². The number of hydrogen-bond donors (Lipinski definition) is 3. The summed E-state index contributed by atoms with van der Waals surface area (Å²) < 4.78 is 0. The molecule has 0 spiro atoms. The number of benzene rings is 2. The van der Waals surface area contributed by atoms with E-state index >= 15 is 0 Å². The zero-order valence-corrected chi connectivity index (χ0v) is 15.1. The van der Waals surface area contributed by atoms with Gasteiger partial charge in [-0.15, -0.1) is 0 Å². The number of anilines is 3. The molecular formula is C20H22N4O3. The lowest BCUT2D eigenvalue weighted by molar-refractivity contribution is -0.134. The SMILES string of the molecule is CC(=O)N1CCCC1C(=O)Nc1cccc(NC(=O)Nc2ccccc2)c1. The average molecular weight is 366 g/mol. The molecule has 1 fully saturated rings. The van der Waals surface area contributed by atoms with Crippen molar-refractivity contribution in [2.45, 2.75) is 25.8 Å². The van der Waals surface area contributed by atoms with Crippen molar-refractivity contribution in [3.05, 3.63) is 54.6 Å². The van der Waals surface area contributed by atoms with Crippen LogP contribution in [-0.4, -0.2) is 35.3 Å². The van der Waals surface area contributed by atoms with Gasteiger partial charge in [0.2, 0.25) is 11.8 Å². The second kappa shape index (κ2) is 8.35. The zero-order chi connectivity index (χ0) is 19.2. The van der Waals surface area contributed by atoms with Crippen LogP contribution in [0.5, 0.6) is 0 Å². The molecule has 3 rings (SSSR count). The summed E-state index contributed by atoms with van der Waals surface area (Å²) in [7, 11) is 0. The molecule has 1 aliphatic heterocycles. The zero-order valence-electron chi connectivity index (χ0n) is 15.1. The van der Waals surface area contributed by atoms with Crippen molar-refractivity contribution in [3.8, 4) is 0 Å². The first kappa shape index (κ1) is 18.4. The lowest BCUT2D eigenvalue weighted by Gasteiger charge is -2.22. The Kier molecular flexibility index (Phi) is 5.71. The van der Waals surface area contributed by atoms with Gasteiger partial charge in [-0.05, 0) is 43.2 Å². The summed E-state index contributed by atoms with van der Waals surface area (Å²) in [5.41, 5.74) is 1.80. The second-order valence-corrected chi connectivity index (χ2v) is 6.39. The summed E-state index contributed by atoms with van der Waals surface area (Å²) in [5, 5.41) is 8.29. The highest BCUT2D eigenvalue weighted by Crippen LogP contribution is 2.21. The largest absolute Gasteiger partial charge is 0.331 e. The van der Waals surface area contributed by atoms with E-state index in [1.54, 1.807) is 41.3 Å². The molecule has 1 saturated heterocycles. The Balaban J connectivity index is 1.61. The summed E-state index contributed by atoms with van der Waals surface area (Å²) in [6.45, 7) is 2.08. The molecule has 0 bridgehead atoms. The van der Waals surface area contributed by atoms with Crippen molar-refractivity contribution in [1.29, 1.82) is 0 Å². The van der Waals surface area contributed by atoms with E-state index in [1.165, 1.54) is 6.92 Å². The second-order valence-electron chi connectivity index (χ2n) is 6.39. The van der Waals surface area contributed by atoms with Crippen LogP contribution in [0.15, 0.2) is 54.6 Å². The molecule has 7 nitrogen and oxygen atoms in total. The molecular weight excluding hydrogens is 344 g/mol. The Bertz CT molecular complexity index is 838. The summed E-state index contributed by atoms with van der Waals surface area (Å²) >= 11 is 0. The third-order valence-corrected chi connectivity index (χ3v) is 4.38. The van der Waals surface area contributed by atoms with E-state index in [0.29, 0.717) is 30.0 Å². The van der Waals surface area contributed by atoms with Gasteiger partial charge in [0.25, 0.3) is 0 Å². The normalized spacial score (nSPS) is 15.9. The maximum Gasteiger partial charge on any atom is 0.323 e. The number of carbonyl (C=O) groups excluding carboxylic acids is 3. The molecule has 2 aromatic carbocycles. The van der Waals surface area contributed by atoms with Gasteiger partial charge in [-0.1, -0.05) is 24.3 Å². The number of nitrogens with zero attached hydrogens (tertiary/aromatic N) is 1. The Morgan fingerprint density at radius 3 is 2.22 bits per heavy atom. The molecule has 1 atom stereocenters. The van der Waals surface area contributed by atoms with E-state index in [4.69, 9.17) is 0 Å². The molecule has 140 valence electrons. The number of likely N-dealkylation sites (tertiary alicyclic amines) is 1. The highest BCUT2D eigenvalue weighted by molar-refractivity contribution is 6.01. The molecule has 1 aliphatic rings. The van der Waals surface area contributed by atoms with Crippen LogP contribution in [-0.2, 0) is 9.59 Å². The van der Waals surface area contributed by atoms with Gasteiger partial charge in [0.1, 0.15) is 6.04 Å². The van der Waals surface area contributed by atoms with Crippen LogP contribution in [0.25, 0.3) is 0 Å². The van der Waals surface area contributed by atoms with Crippen LogP contribution in [0.3, 0.4) is 0 Å². The maximum absolute atomic E-state index is 12.5.